The summed E-state index contributed by atoms with van der Waals surface area (Å²) in [4.78, 5) is 13.4. The van der Waals surface area contributed by atoms with Gasteiger partial charge in [0.05, 0.1) is 12.6 Å². The molecule has 0 unspecified atom stereocenters. The molecule has 8 heteroatoms. The Morgan fingerprint density at radius 2 is 1.74 bits per heavy atom. The Labute approximate surface area is 185 Å². The summed E-state index contributed by atoms with van der Waals surface area (Å²) in [5.74, 6) is 2.11. The minimum absolute atomic E-state index is 0.573. The average molecular weight is 435 g/mol. The molecule has 2 aromatic heterocycles. The Bertz CT molecular complexity index is 1180. The molecule has 31 heavy (non-hydrogen) atoms. The predicted molar refractivity (Wildman–Crippen MR) is 127 cm³/mol. The number of nitrogens with zero attached hydrogens (tertiary/aromatic N) is 3. The van der Waals surface area contributed by atoms with Gasteiger partial charge in [-0.05, 0) is 55.5 Å². The fourth-order valence-corrected chi connectivity index (χ4v) is 3.35. The van der Waals surface area contributed by atoms with Crippen LogP contribution in [0, 0.1) is 6.92 Å². The number of benzene rings is 2. The van der Waals surface area contributed by atoms with E-state index >= 15 is 0 Å². The molecular weight excluding hydrogens is 412 g/mol. The number of fused-ring (bicyclic) bond motifs is 1. The lowest BCUT2D eigenvalue weighted by atomic mass is 10.2. The van der Waals surface area contributed by atoms with Crippen LogP contribution in [0.5, 0.6) is 5.75 Å². The minimum Gasteiger partial charge on any atom is -0.497 e. The first-order valence-corrected chi connectivity index (χ1v) is 10.3. The fourth-order valence-electron chi connectivity index (χ4n) is 3.18. The molecule has 0 amide bonds. The lowest BCUT2D eigenvalue weighted by molar-refractivity contribution is 0.415. The maximum atomic E-state index is 6.06. The van der Waals surface area contributed by atoms with Gasteiger partial charge in [0.1, 0.15) is 11.6 Å². The third kappa shape index (κ3) is 5.32. The highest BCUT2D eigenvalue weighted by atomic mass is 35.5. The van der Waals surface area contributed by atoms with E-state index in [2.05, 4.69) is 30.9 Å². The number of rotatable bonds is 8. The summed E-state index contributed by atoms with van der Waals surface area (Å²) >= 11 is 6.06. The highest BCUT2D eigenvalue weighted by molar-refractivity contribution is 6.31. The molecule has 158 valence electrons. The van der Waals surface area contributed by atoms with E-state index < -0.39 is 0 Å². The molecule has 0 spiro atoms. The van der Waals surface area contributed by atoms with Crippen LogP contribution >= 0.6 is 11.6 Å². The molecular formula is C23H23ClN6O. The van der Waals surface area contributed by atoms with E-state index in [-0.39, 0.29) is 0 Å². The van der Waals surface area contributed by atoms with Crippen LogP contribution in [0.3, 0.4) is 0 Å². The minimum atomic E-state index is 0.573. The van der Waals surface area contributed by atoms with Crippen LogP contribution in [0.1, 0.15) is 5.69 Å². The Morgan fingerprint density at radius 1 is 0.935 bits per heavy atom. The Balaban J connectivity index is 1.36. The molecule has 3 N–H and O–H groups in total. The fraction of sp³-hybridized carbons (Fsp3) is 0.174. The monoisotopic (exact) mass is 434 g/mol. The third-order valence-corrected chi connectivity index (χ3v) is 4.88. The van der Waals surface area contributed by atoms with Crippen LogP contribution in [0.2, 0.25) is 5.02 Å². The van der Waals surface area contributed by atoms with Gasteiger partial charge in [0.25, 0.3) is 0 Å². The molecule has 0 fully saturated rings. The smallest absolute Gasteiger partial charge is 0.224 e. The number of methoxy groups -OCH3 is 1. The number of aromatic nitrogens is 3. The summed E-state index contributed by atoms with van der Waals surface area (Å²) < 4.78 is 5.19. The second-order valence-corrected chi connectivity index (χ2v) is 7.38. The van der Waals surface area contributed by atoms with Crippen molar-refractivity contribution in [1.82, 2.24) is 15.0 Å². The molecule has 0 saturated heterocycles. The zero-order valence-corrected chi connectivity index (χ0v) is 18.1. The first-order valence-electron chi connectivity index (χ1n) is 9.89. The summed E-state index contributed by atoms with van der Waals surface area (Å²) in [6.07, 6.45) is 1.77. The van der Waals surface area contributed by atoms with Crippen LogP contribution in [0.4, 0.5) is 23.1 Å². The number of hydrogen-bond donors (Lipinski definition) is 3. The summed E-state index contributed by atoms with van der Waals surface area (Å²) in [6.45, 7) is 3.29. The number of anilines is 4. The quantitative estimate of drug-likeness (QED) is 0.326. The van der Waals surface area contributed by atoms with E-state index in [4.69, 9.17) is 16.3 Å². The number of nitrogens with one attached hydrogen (secondary N) is 3. The van der Waals surface area contributed by atoms with Crippen LogP contribution in [-0.2, 0) is 0 Å². The lowest BCUT2D eigenvalue weighted by Gasteiger charge is -2.12. The largest absolute Gasteiger partial charge is 0.497 e. The van der Waals surface area contributed by atoms with Crippen LogP contribution in [-0.4, -0.2) is 35.2 Å². The molecule has 0 aliphatic carbocycles. The molecule has 4 aromatic rings. The molecule has 7 nitrogen and oxygen atoms in total. The summed E-state index contributed by atoms with van der Waals surface area (Å²) in [5, 5.41) is 11.7. The number of hydrogen-bond acceptors (Lipinski definition) is 7. The van der Waals surface area contributed by atoms with Crippen molar-refractivity contribution in [3.8, 4) is 5.75 Å². The van der Waals surface area contributed by atoms with Crippen molar-refractivity contribution in [3.63, 3.8) is 0 Å². The van der Waals surface area contributed by atoms with Gasteiger partial charge in [-0.3, -0.25) is 4.98 Å². The molecule has 2 aromatic carbocycles. The Morgan fingerprint density at radius 3 is 2.55 bits per heavy atom. The number of pyridine rings is 1. The predicted octanol–water partition coefficient (Wildman–Crippen LogP) is 5.26. The van der Waals surface area contributed by atoms with E-state index in [1.165, 1.54) is 0 Å². The summed E-state index contributed by atoms with van der Waals surface area (Å²) in [5.41, 5.74) is 3.67. The lowest BCUT2D eigenvalue weighted by Crippen LogP contribution is -2.16. The summed E-state index contributed by atoms with van der Waals surface area (Å²) in [7, 11) is 1.65. The normalized spacial score (nSPS) is 10.7. The van der Waals surface area contributed by atoms with E-state index in [0.717, 1.165) is 39.5 Å². The van der Waals surface area contributed by atoms with E-state index in [1.54, 1.807) is 13.3 Å². The van der Waals surface area contributed by atoms with Gasteiger partial charge >= 0.3 is 0 Å². The van der Waals surface area contributed by atoms with Crippen LogP contribution in [0.15, 0.2) is 60.8 Å². The molecule has 2 heterocycles. The molecule has 0 radical (unpaired) electrons. The van der Waals surface area contributed by atoms with E-state index in [1.807, 2.05) is 61.5 Å². The van der Waals surface area contributed by atoms with Gasteiger partial charge in [-0.15, -0.1) is 0 Å². The van der Waals surface area contributed by atoms with E-state index in [9.17, 15) is 0 Å². The van der Waals surface area contributed by atoms with Crippen LogP contribution in [0.25, 0.3) is 10.9 Å². The van der Waals surface area contributed by atoms with Gasteiger partial charge in [-0.2, -0.15) is 4.98 Å². The second-order valence-electron chi connectivity index (χ2n) is 6.95. The van der Waals surface area contributed by atoms with E-state index in [0.29, 0.717) is 24.1 Å². The molecule has 0 atom stereocenters. The van der Waals surface area contributed by atoms with Crippen molar-refractivity contribution in [1.29, 1.82) is 0 Å². The van der Waals surface area contributed by atoms with Crippen molar-refractivity contribution in [3.05, 3.63) is 71.5 Å². The molecule has 0 aliphatic rings. The third-order valence-electron chi connectivity index (χ3n) is 4.64. The molecule has 4 rings (SSSR count). The number of ether oxygens (including phenoxy) is 1. The highest BCUT2D eigenvalue weighted by Crippen LogP contribution is 2.24. The first-order chi connectivity index (χ1) is 15.1. The van der Waals surface area contributed by atoms with Crippen molar-refractivity contribution < 1.29 is 4.74 Å². The Kier molecular flexibility index (Phi) is 6.33. The second kappa shape index (κ2) is 9.49. The van der Waals surface area contributed by atoms with Gasteiger partial charge in [-0.1, -0.05) is 11.6 Å². The van der Waals surface area contributed by atoms with Crippen molar-refractivity contribution in [2.75, 3.05) is 36.1 Å². The Hall–Kier alpha value is -3.58. The number of halogens is 1. The van der Waals surface area contributed by atoms with Gasteiger partial charge in [0.15, 0.2) is 0 Å². The van der Waals surface area contributed by atoms with Crippen molar-refractivity contribution >= 4 is 45.6 Å². The van der Waals surface area contributed by atoms with Gasteiger partial charge in [0, 0.05) is 52.8 Å². The van der Waals surface area contributed by atoms with Crippen molar-refractivity contribution in [2.24, 2.45) is 0 Å². The zero-order chi connectivity index (χ0) is 21.6. The molecule has 0 bridgehead atoms. The standard InChI is InChI=1S/C23H23ClN6O/c1-15-13-22(29-17-4-6-18(31-2)7-5-17)30-23(28-15)27-12-11-26-20-9-10-25-21-14-16(24)3-8-19(20)21/h3-10,13-14H,11-12H2,1-2H3,(H,25,26)(H2,27,28,29,30). The molecule has 0 aliphatic heterocycles. The van der Waals surface area contributed by atoms with Gasteiger partial charge < -0.3 is 20.7 Å². The van der Waals surface area contributed by atoms with Gasteiger partial charge in [0.2, 0.25) is 5.95 Å². The molecule has 0 saturated carbocycles. The highest BCUT2D eigenvalue weighted by Gasteiger charge is 2.05. The average Bonchev–Trinajstić information content (AvgIpc) is 2.76. The number of aryl methyl sites for hydroxylation is 1. The van der Waals surface area contributed by atoms with Gasteiger partial charge in [-0.25, -0.2) is 4.98 Å². The van der Waals surface area contributed by atoms with Crippen molar-refractivity contribution in [2.45, 2.75) is 6.92 Å². The first kappa shape index (κ1) is 20.7. The maximum absolute atomic E-state index is 6.06. The zero-order valence-electron chi connectivity index (χ0n) is 17.3. The maximum Gasteiger partial charge on any atom is 0.224 e. The SMILES string of the molecule is COc1ccc(Nc2cc(C)nc(NCCNc3ccnc4cc(Cl)ccc34)n2)cc1. The topological polar surface area (TPSA) is 84.0 Å². The summed E-state index contributed by atoms with van der Waals surface area (Å²) in [6, 6.07) is 17.2. The van der Waals surface area contributed by atoms with Crippen LogP contribution < -0.4 is 20.7 Å².